The summed E-state index contributed by atoms with van der Waals surface area (Å²) in [4.78, 5) is 12.7. The van der Waals surface area contributed by atoms with Crippen molar-refractivity contribution in [2.45, 2.75) is 6.54 Å². The molecule has 0 atom stereocenters. The number of para-hydroxylation sites is 1. The molecule has 6 heteroatoms. The van der Waals surface area contributed by atoms with Crippen LogP contribution >= 0.6 is 0 Å². The van der Waals surface area contributed by atoms with Crippen molar-refractivity contribution in [3.05, 3.63) is 48.3 Å². The van der Waals surface area contributed by atoms with Gasteiger partial charge in [-0.25, -0.2) is 4.68 Å². The molecular weight excluding hydrogens is 270 g/mol. The molecule has 0 amide bonds. The first-order valence-electron chi connectivity index (χ1n) is 6.72. The third-order valence-corrected chi connectivity index (χ3v) is 3.02. The minimum absolute atomic E-state index is 0.0262. The minimum atomic E-state index is -0.853. The number of methoxy groups -OCH3 is 1. The second-order valence-corrected chi connectivity index (χ2v) is 4.68. The van der Waals surface area contributed by atoms with E-state index in [9.17, 15) is 4.79 Å². The fourth-order valence-electron chi connectivity index (χ4n) is 2.03. The van der Waals surface area contributed by atoms with Crippen molar-refractivity contribution in [3.63, 3.8) is 0 Å². The highest BCUT2D eigenvalue weighted by molar-refractivity contribution is 5.69. The smallest absolute Gasteiger partial charge is 0.317 e. The highest BCUT2D eigenvalue weighted by atomic mass is 16.5. The lowest BCUT2D eigenvalue weighted by molar-refractivity contribution is -0.138. The van der Waals surface area contributed by atoms with Crippen molar-refractivity contribution < 1.29 is 14.6 Å². The Hall–Kier alpha value is -2.18. The standard InChI is InChI=1S/C15H19N3O3/c1-21-10-9-17(12-15(19)20)11-13-7-8-18(16-13)14-5-3-2-4-6-14/h2-8H,9-12H2,1H3,(H,19,20). The summed E-state index contributed by atoms with van der Waals surface area (Å²) in [5.41, 5.74) is 1.81. The van der Waals surface area contributed by atoms with Crippen LogP contribution in [0.1, 0.15) is 5.69 Å². The lowest BCUT2D eigenvalue weighted by Gasteiger charge is -2.18. The maximum atomic E-state index is 10.9. The topological polar surface area (TPSA) is 67.6 Å². The lowest BCUT2D eigenvalue weighted by atomic mass is 10.3. The zero-order valence-electron chi connectivity index (χ0n) is 12.0. The maximum Gasteiger partial charge on any atom is 0.317 e. The summed E-state index contributed by atoms with van der Waals surface area (Å²) in [6.07, 6.45) is 1.87. The molecule has 0 aliphatic rings. The first-order valence-corrected chi connectivity index (χ1v) is 6.72. The number of aliphatic carboxylic acids is 1. The van der Waals surface area contributed by atoms with E-state index in [1.807, 2.05) is 42.6 Å². The Kier molecular flexibility index (Phi) is 5.48. The van der Waals surface area contributed by atoms with E-state index in [1.165, 1.54) is 0 Å². The molecule has 1 aromatic heterocycles. The van der Waals surface area contributed by atoms with Crippen LogP contribution in [-0.4, -0.2) is 52.6 Å². The van der Waals surface area contributed by atoms with Crippen molar-refractivity contribution in [1.82, 2.24) is 14.7 Å². The summed E-state index contributed by atoms with van der Waals surface area (Å²) >= 11 is 0. The Bertz CT molecular complexity index is 569. The molecule has 21 heavy (non-hydrogen) atoms. The molecule has 0 radical (unpaired) electrons. The first-order chi connectivity index (χ1) is 10.2. The largest absolute Gasteiger partial charge is 0.480 e. The van der Waals surface area contributed by atoms with Crippen LogP contribution in [0.3, 0.4) is 0 Å². The van der Waals surface area contributed by atoms with Gasteiger partial charge in [0.25, 0.3) is 0 Å². The predicted molar refractivity (Wildman–Crippen MR) is 78.4 cm³/mol. The van der Waals surface area contributed by atoms with Crippen LogP contribution in [0, 0.1) is 0 Å². The Morgan fingerprint density at radius 2 is 2.10 bits per heavy atom. The van der Waals surface area contributed by atoms with Gasteiger partial charge in [0.05, 0.1) is 24.5 Å². The number of carboxylic acid groups (broad SMARTS) is 1. The Balaban J connectivity index is 2.03. The minimum Gasteiger partial charge on any atom is -0.480 e. The Morgan fingerprint density at radius 1 is 1.33 bits per heavy atom. The van der Waals surface area contributed by atoms with Crippen molar-refractivity contribution in [2.24, 2.45) is 0 Å². The third-order valence-electron chi connectivity index (χ3n) is 3.02. The van der Waals surface area contributed by atoms with Gasteiger partial charge in [-0.3, -0.25) is 9.69 Å². The van der Waals surface area contributed by atoms with Crippen LogP contribution in [0.5, 0.6) is 0 Å². The van der Waals surface area contributed by atoms with Gasteiger partial charge in [0.15, 0.2) is 0 Å². The zero-order valence-corrected chi connectivity index (χ0v) is 12.0. The Labute approximate surface area is 123 Å². The van der Waals surface area contributed by atoms with Crippen LogP contribution in [0.25, 0.3) is 5.69 Å². The number of carbonyl (C=O) groups is 1. The van der Waals surface area contributed by atoms with Crippen LogP contribution < -0.4 is 0 Å². The van der Waals surface area contributed by atoms with E-state index in [2.05, 4.69) is 5.10 Å². The molecular formula is C15H19N3O3. The van der Waals surface area contributed by atoms with E-state index in [1.54, 1.807) is 16.7 Å². The molecule has 0 aliphatic heterocycles. The van der Waals surface area contributed by atoms with Gasteiger partial charge in [0, 0.05) is 26.4 Å². The summed E-state index contributed by atoms with van der Waals surface area (Å²) < 4.78 is 6.79. The fraction of sp³-hybridized carbons (Fsp3) is 0.333. The van der Waals surface area contributed by atoms with Crippen LogP contribution in [0.4, 0.5) is 0 Å². The van der Waals surface area contributed by atoms with Crippen LogP contribution in [-0.2, 0) is 16.1 Å². The van der Waals surface area contributed by atoms with Crippen molar-refractivity contribution >= 4 is 5.97 Å². The predicted octanol–water partition coefficient (Wildman–Crippen LogP) is 1.41. The average molecular weight is 289 g/mol. The molecule has 0 bridgehead atoms. The number of hydrogen-bond donors (Lipinski definition) is 1. The third kappa shape index (κ3) is 4.70. The van der Waals surface area contributed by atoms with Gasteiger partial charge in [-0.15, -0.1) is 0 Å². The van der Waals surface area contributed by atoms with Crippen LogP contribution in [0.2, 0.25) is 0 Å². The molecule has 0 saturated carbocycles. The molecule has 1 N–H and O–H groups in total. The molecule has 0 unspecified atom stereocenters. The molecule has 2 rings (SSSR count). The van der Waals surface area contributed by atoms with E-state index >= 15 is 0 Å². The van der Waals surface area contributed by atoms with Crippen LogP contribution in [0.15, 0.2) is 42.6 Å². The molecule has 6 nitrogen and oxygen atoms in total. The SMILES string of the molecule is COCCN(CC(=O)O)Cc1ccn(-c2ccccc2)n1. The van der Waals surface area contributed by atoms with Gasteiger partial charge in [0.2, 0.25) is 0 Å². The molecule has 112 valence electrons. The van der Waals surface area contributed by atoms with Gasteiger partial charge in [-0.05, 0) is 18.2 Å². The molecule has 0 fully saturated rings. The summed E-state index contributed by atoms with van der Waals surface area (Å²) in [5.74, 6) is -0.853. The number of rotatable bonds is 8. The van der Waals surface area contributed by atoms with E-state index in [0.717, 1.165) is 11.4 Å². The van der Waals surface area contributed by atoms with Crippen molar-refractivity contribution in [1.29, 1.82) is 0 Å². The molecule has 2 aromatic rings. The quantitative estimate of drug-likeness (QED) is 0.795. The highest BCUT2D eigenvalue weighted by Crippen LogP contribution is 2.08. The molecule has 0 saturated heterocycles. The number of carboxylic acids is 1. The second kappa shape index (κ2) is 7.56. The number of ether oxygens (including phenoxy) is 1. The summed E-state index contributed by atoms with van der Waals surface area (Å²) in [7, 11) is 1.60. The normalized spacial score (nSPS) is 11.0. The van der Waals surface area contributed by atoms with Gasteiger partial charge < -0.3 is 9.84 Å². The van der Waals surface area contributed by atoms with E-state index in [0.29, 0.717) is 19.7 Å². The van der Waals surface area contributed by atoms with E-state index in [-0.39, 0.29) is 6.54 Å². The molecule has 0 spiro atoms. The monoisotopic (exact) mass is 289 g/mol. The summed E-state index contributed by atoms with van der Waals surface area (Å²) in [6.45, 7) is 1.50. The fourth-order valence-corrected chi connectivity index (χ4v) is 2.03. The summed E-state index contributed by atoms with van der Waals surface area (Å²) in [6, 6.07) is 11.7. The van der Waals surface area contributed by atoms with E-state index < -0.39 is 5.97 Å². The Morgan fingerprint density at radius 3 is 2.76 bits per heavy atom. The van der Waals surface area contributed by atoms with E-state index in [4.69, 9.17) is 9.84 Å². The van der Waals surface area contributed by atoms with Gasteiger partial charge in [0.1, 0.15) is 0 Å². The highest BCUT2D eigenvalue weighted by Gasteiger charge is 2.12. The number of aromatic nitrogens is 2. The first kappa shape index (κ1) is 15.2. The second-order valence-electron chi connectivity index (χ2n) is 4.68. The van der Waals surface area contributed by atoms with Crippen molar-refractivity contribution in [3.8, 4) is 5.69 Å². The number of benzene rings is 1. The molecule has 0 aliphatic carbocycles. The summed E-state index contributed by atoms with van der Waals surface area (Å²) in [5, 5.41) is 13.4. The maximum absolute atomic E-state index is 10.9. The lowest BCUT2D eigenvalue weighted by Crippen LogP contribution is -2.32. The van der Waals surface area contributed by atoms with Crippen molar-refractivity contribution in [2.75, 3.05) is 26.8 Å². The zero-order chi connectivity index (χ0) is 15.1. The number of hydrogen-bond acceptors (Lipinski definition) is 4. The van der Waals surface area contributed by atoms with Gasteiger partial charge in [-0.2, -0.15) is 5.10 Å². The molecule has 1 heterocycles. The number of nitrogens with zero attached hydrogens (tertiary/aromatic N) is 3. The van der Waals surface area contributed by atoms with Gasteiger partial charge >= 0.3 is 5.97 Å². The average Bonchev–Trinajstić information content (AvgIpc) is 2.93. The van der Waals surface area contributed by atoms with Gasteiger partial charge in [-0.1, -0.05) is 18.2 Å². The molecule has 1 aromatic carbocycles.